The van der Waals surface area contributed by atoms with E-state index in [-0.39, 0.29) is 0 Å². The molecule has 0 N–H and O–H groups in total. The minimum absolute atomic E-state index is 0.371. The van der Waals surface area contributed by atoms with Crippen molar-refractivity contribution in [3.05, 3.63) is 12.4 Å². The standard InChI is InChI=1S/C13H21N3S/c1-9(2)11-13(3,4)8-16(11)12-14-6-10(17-5)7-15-12/h6-7,9,11H,8H2,1-5H3. The lowest BCUT2D eigenvalue weighted by molar-refractivity contribution is 0.133. The summed E-state index contributed by atoms with van der Waals surface area (Å²) in [6, 6.07) is 0.544. The van der Waals surface area contributed by atoms with Crippen molar-refractivity contribution < 1.29 is 0 Å². The lowest BCUT2D eigenvalue weighted by Crippen LogP contribution is -2.64. The van der Waals surface area contributed by atoms with Gasteiger partial charge in [0.1, 0.15) is 0 Å². The molecule has 2 heterocycles. The zero-order valence-corrected chi connectivity index (χ0v) is 12.1. The Morgan fingerprint density at radius 3 is 2.35 bits per heavy atom. The Hall–Kier alpha value is -0.770. The number of anilines is 1. The summed E-state index contributed by atoms with van der Waals surface area (Å²) in [6.07, 6.45) is 5.87. The molecule has 2 rings (SSSR count). The fourth-order valence-corrected chi connectivity index (χ4v) is 3.28. The minimum atomic E-state index is 0.371. The minimum Gasteiger partial charge on any atom is -0.336 e. The van der Waals surface area contributed by atoms with E-state index >= 15 is 0 Å². The first-order chi connectivity index (χ1) is 7.95. The molecule has 1 atom stereocenters. The molecule has 3 nitrogen and oxygen atoms in total. The molecule has 0 bridgehead atoms. The van der Waals surface area contributed by atoms with Gasteiger partial charge in [-0.3, -0.25) is 0 Å². The van der Waals surface area contributed by atoms with Gasteiger partial charge in [0.15, 0.2) is 0 Å². The molecule has 1 aromatic rings. The van der Waals surface area contributed by atoms with E-state index in [9.17, 15) is 0 Å². The summed E-state index contributed by atoms with van der Waals surface area (Å²) in [6.45, 7) is 10.2. The normalized spacial score (nSPS) is 22.7. The van der Waals surface area contributed by atoms with Crippen LogP contribution in [-0.4, -0.2) is 28.8 Å². The predicted molar refractivity (Wildman–Crippen MR) is 73.6 cm³/mol. The topological polar surface area (TPSA) is 29.0 Å². The van der Waals surface area contributed by atoms with Crippen LogP contribution in [0.15, 0.2) is 17.3 Å². The average Bonchev–Trinajstić information content (AvgIpc) is 2.25. The van der Waals surface area contributed by atoms with E-state index in [1.165, 1.54) is 0 Å². The monoisotopic (exact) mass is 251 g/mol. The summed E-state index contributed by atoms with van der Waals surface area (Å²) < 4.78 is 0. The molecule has 1 aliphatic heterocycles. The second kappa shape index (κ2) is 4.48. The molecule has 94 valence electrons. The Morgan fingerprint density at radius 2 is 1.94 bits per heavy atom. The van der Waals surface area contributed by atoms with Gasteiger partial charge < -0.3 is 4.90 Å². The molecule has 0 radical (unpaired) electrons. The van der Waals surface area contributed by atoms with Gasteiger partial charge in [-0.05, 0) is 12.2 Å². The van der Waals surface area contributed by atoms with Gasteiger partial charge in [-0.1, -0.05) is 27.7 Å². The molecule has 0 aliphatic carbocycles. The van der Waals surface area contributed by atoms with Gasteiger partial charge in [0.25, 0.3) is 0 Å². The third kappa shape index (κ3) is 2.28. The number of hydrogen-bond donors (Lipinski definition) is 0. The van der Waals surface area contributed by atoms with E-state index in [0.717, 1.165) is 17.4 Å². The molecule has 0 amide bonds. The molecule has 0 spiro atoms. The van der Waals surface area contributed by atoms with Crippen molar-refractivity contribution in [2.45, 2.75) is 38.6 Å². The van der Waals surface area contributed by atoms with E-state index in [1.54, 1.807) is 11.8 Å². The van der Waals surface area contributed by atoms with Gasteiger partial charge in [0.05, 0.1) is 0 Å². The summed E-state index contributed by atoms with van der Waals surface area (Å²) in [7, 11) is 0. The zero-order valence-electron chi connectivity index (χ0n) is 11.3. The first-order valence-electron chi connectivity index (χ1n) is 6.08. The van der Waals surface area contributed by atoms with Crippen LogP contribution >= 0.6 is 11.8 Å². The Kier molecular flexibility index (Phi) is 3.34. The number of aromatic nitrogens is 2. The van der Waals surface area contributed by atoms with Crippen LogP contribution in [0.4, 0.5) is 5.95 Å². The SMILES string of the molecule is CSc1cnc(N2CC(C)(C)C2C(C)C)nc1. The van der Waals surface area contributed by atoms with Crippen molar-refractivity contribution in [3.63, 3.8) is 0 Å². The predicted octanol–water partition coefficient (Wildman–Crippen LogP) is 3.07. The van der Waals surface area contributed by atoms with Crippen LogP contribution in [0.2, 0.25) is 0 Å². The molecular weight excluding hydrogens is 230 g/mol. The molecule has 1 unspecified atom stereocenters. The van der Waals surface area contributed by atoms with Crippen molar-refractivity contribution in [3.8, 4) is 0 Å². The van der Waals surface area contributed by atoms with Crippen molar-refractivity contribution in [2.75, 3.05) is 17.7 Å². The van der Waals surface area contributed by atoms with E-state index in [4.69, 9.17) is 0 Å². The number of rotatable bonds is 3. The maximum atomic E-state index is 4.46. The molecule has 1 aliphatic rings. The number of thioether (sulfide) groups is 1. The highest BCUT2D eigenvalue weighted by molar-refractivity contribution is 7.98. The largest absolute Gasteiger partial charge is 0.336 e. The van der Waals surface area contributed by atoms with Crippen molar-refractivity contribution in [1.29, 1.82) is 0 Å². The summed E-state index contributed by atoms with van der Waals surface area (Å²) in [5.41, 5.74) is 0.371. The smallest absolute Gasteiger partial charge is 0.225 e. The van der Waals surface area contributed by atoms with E-state index < -0.39 is 0 Å². The van der Waals surface area contributed by atoms with Gasteiger partial charge in [-0.25, -0.2) is 9.97 Å². The number of nitrogens with zero attached hydrogens (tertiary/aromatic N) is 3. The fourth-order valence-electron chi connectivity index (χ4n) is 2.96. The molecule has 1 aromatic heterocycles. The highest BCUT2D eigenvalue weighted by atomic mass is 32.2. The van der Waals surface area contributed by atoms with Crippen LogP contribution in [0.25, 0.3) is 0 Å². The van der Waals surface area contributed by atoms with Crippen LogP contribution in [0, 0.1) is 11.3 Å². The maximum absolute atomic E-state index is 4.46. The van der Waals surface area contributed by atoms with Gasteiger partial charge in [0.2, 0.25) is 5.95 Å². The third-order valence-electron chi connectivity index (χ3n) is 3.45. The van der Waals surface area contributed by atoms with Crippen LogP contribution in [0.5, 0.6) is 0 Å². The Morgan fingerprint density at radius 1 is 1.35 bits per heavy atom. The van der Waals surface area contributed by atoms with Crippen molar-refractivity contribution in [2.24, 2.45) is 11.3 Å². The second-order valence-electron chi connectivity index (χ2n) is 5.73. The highest BCUT2D eigenvalue weighted by Crippen LogP contribution is 2.42. The van der Waals surface area contributed by atoms with Crippen LogP contribution in [0.1, 0.15) is 27.7 Å². The summed E-state index contributed by atoms with van der Waals surface area (Å²) in [5, 5.41) is 0. The second-order valence-corrected chi connectivity index (χ2v) is 6.61. The van der Waals surface area contributed by atoms with Gasteiger partial charge in [0, 0.05) is 35.3 Å². The highest BCUT2D eigenvalue weighted by Gasteiger charge is 2.48. The van der Waals surface area contributed by atoms with E-state index in [2.05, 4.69) is 42.6 Å². The third-order valence-corrected chi connectivity index (χ3v) is 4.14. The lowest BCUT2D eigenvalue weighted by atomic mass is 9.70. The lowest BCUT2D eigenvalue weighted by Gasteiger charge is -2.56. The maximum Gasteiger partial charge on any atom is 0.225 e. The average molecular weight is 251 g/mol. The molecule has 0 saturated carbocycles. The molecule has 17 heavy (non-hydrogen) atoms. The van der Waals surface area contributed by atoms with Gasteiger partial charge in [-0.2, -0.15) is 0 Å². The van der Waals surface area contributed by atoms with E-state index in [1.807, 2.05) is 18.6 Å². The van der Waals surface area contributed by atoms with Crippen molar-refractivity contribution in [1.82, 2.24) is 9.97 Å². The molecule has 4 heteroatoms. The quantitative estimate of drug-likeness (QED) is 0.772. The molecular formula is C13H21N3S. The Bertz CT molecular complexity index is 386. The Balaban J connectivity index is 2.18. The van der Waals surface area contributed by atoms with Gasteiger partial charge in [-0.15, -0.1) is 11.8 Å². The van der Waals surface area contributed by atoms with Crippen LogP contribution in [-0.2, 0) is 0 Å². The van der Waals surface area contributed by atoms with Crippen LogP contribution in [0.3, 0.4) is 0 Å². The number of hydrogen-bond acceptors (Lipinski definition) is 4. The fraction of sp³-hybridized carbons (Fsp3) is 0.692. The summed E-state index contributed by atoms with van der Waals surface area (Å²) in [5.74, 6) is 1.50. The first-order valence-corrected chi connectivity index (χ1v) is 7.31. The summed E-state index contributed by atoms with van der Waals surface area (Å²) >= 11 is 1.68. The zero-order chi connectivity index (χ0) is 12.6. The van der Waals surface area contributed by atoms with Crippen LogP contribution < -0.4 is 4.90 Å². The van der Waals surface area contributed by atoms with Gasteiger partial charge >= 0.3 is 0 Å². The molecule has 1 saturated heterocycles. The first kappa shape index (κ1) is 12.7. The Labute approximate surface area is 108 Å². The summed E-state index contributed by atoms with van der Waals surface area (Å²) in [4.78, 5) is 12.4. The molecule has 1 fully saturated rings. The van der Waals surface area contributed by atoms with E-state index in [0.29, 0.717) is 17.4 Å². The van der Waals surface area contributed by atoms with Crippen molar-refractivity contribution >= 4 is 17.7 Å². The molecule has 0 aromatic carbocycles.